The fraction of sp³-hybridized carbons (Fsp3) is 0.333. The Morgan fingerprint density at radius 2 is 2.27 bits per heavy atom. The van der Waals surface area contributed by atoms with E-state index in [4.69, 9.17) is 5.73 Å². The Bertz CT molecular complexity index is 694. The van der Waals surface area contributed by atoms with Crippen LogP contribution in [0.25, 0.3) is 11.4 Å². The average molecular weight is 301 g/mol. The highest BCUT2D eigenvalue weighted by atomic mass is 19.1. The molecule has 1 fully saturated rings. The molecule has 0 aromatic carbocycles. The van der Waals surface area contributed by atoms with Crippen LogP contribution in [0.5, 0.6) is 0 Å². The van der Waals surface area contributed by atoms with Gasteiger partial charge in [-0.1, -0.05) is 0 Å². The monoisotopic (exact) mass is 301 g/mol. The number of halogens is 1. The summed E-state index contributed by atoms with van der Waals surface area (Å²) in [6, 6.07) is 4.69. The quantitative estimate of drug-likeness (QED) is 0.922. The molecule has 1 aliphatic rings. The fourth-order valence-electron chi connectivity index (χ4n) is 2.63. The molecule has 7 heteroatoms. The molecule has 22 heavy (non-hydrogen) atoms. The van der Waals surface area contributed by atoms with Gasteiger partial charge in [-0.2, -0.15) is 0 Å². The van der Waals surface area contributed by atoms with Crippen LogP contribution in [0.3, 0.4) is 0 Å². The van der Waals surface area contributed by atoms with Crippen molar-refractivity contribution in [3.63, 3.8) is 0 Å². The van der Waals surface area contributed by atoms with E-state index in [0.717, 1.165) is 11.3 Å². The van der Waals surface area contributed by atoms with Crippen LogP contribution in [0.1, 0.15) is 12.1 Å². The molecule has 0 spiro atoms. The first-order valence-corrected chi connectivity index (χ1v) is 7.00. The van der Waals surface area contributed by atoms with Crippen LogP contribution < -0.4 is 10.6 Å². The molecule has 0 aliphatic carbocycles. The summed E-state index contributed by atoms with van der Waals surface area (Å²) in [5, 5.41) is 0. The Morgan fingerprint density at radius 3 is 2.95 bits per heavy atom. The van der Waals surface area contributed by atoms with Crippen molar-refractivity contribution in [3.8, 4) is 11.4 Å². The molecule has 2 aromatic rings. The first kappa shape index (κ1) is 14.4. The number of aryl methyl sites for hydroxylation is 1. The molecular weight excluding hydrogens is 285 g/mol. The third kappa shape index (κ3) is 2.74. The van der Waals surface area contributed by atoms with Crippen LogP contribution in [0.15, 0.2) is 30.6 Å². The Kier molecular flexibility index (Phi) is 3.70. The lowest BCUT2D eigenvalue weighted by atomic mass is 10.2. The number of hydrogen-bond donors (Lipinski definition) is 1. The number of carbonyl (C=O) groups excluding carboxylic acids is 1. The number of anilines is 1. The molecule has 3 heterocycles. The number of aromatic nitrogens is 3. The Labute approximate surface area is 127 Å². The topological polar surface area (TPSA) is 85.0 Å². The second-order valence-corrected chi connectivity index (χ2v) is 5.34. The first-order valence-electron chi connectivity index (χ1n) is 7.00. The van der Waals surface area contributed by atoms with Gasteiger partial charge in [0.25, 0.3) is 0 Å². The number of primary amides is 1. The van der Waals surface area contributed by atoms with Crippen molar-refractivity contribution in [2.75, 3.05) is 11.4 Å². The fourth-order valence-corrected chi connectivity index (χ4v) is 2.63. The predicted octanol–water partition coefficient (Wildman–Crippen LogP) is 1.25. The lowest BCUT2D eigenvalue weighted by Gasteiger charge is -2.23. The van der Waals surface area contributed by atoms with E-state index in [1.54, 1.807) is 29.4 Å². The van der Waals surface area contributed by atoms with Gasteiger partial charge >= 0.3 is 0 Å². The van der Waals surface area contributed by atoms with Gasteiger partial charge in [0.15, 0.2) is 5.82 Å². The van der Waals surface area contributed by atoms with Crippen molar-refractivity contribution in [1.82, 2.24) is 15.0 Å². The number of hydrogen-bond acceptors (Lipinski definition) is 5. The number of rotatable bonds is 3. The highest BCUT2D eigenvalue weighted by Crippen LogP contribution is 2.27. The third-order valence-electron chi connectivity index (χ3n) is 3.63. The van der Waals surface area contributed by atoms with Gasteiger partial charge in [-0.15, -0.1) is 0 Å². The molecule has 3 rings (SSSR count). The summed E-state index contributed by atoms with van der Waals surface area (Å²) in [5.74, 6) is 0.461. The summed E-state index contributed by atoms with van der Waals surface area (Å²) in [5.41, 5.74) is 6.87. The average Bonchev–Trinajstić information content (AvgIpc) is 2.90. The molecule has 1 aliphatic heterocycles. The van der Waals surface area contributed by atoms with Crippen LogP contribution in [-0.2, 0) is 4.79 Å². The van der Waals surface area contributed by atoms with Crippen molar-refractivity contribution in [1.29, 1.82) is 0 Å². The van der Waals surface area contributed by atoms with E-state index >= 15 is 0 Å². The van der Waals surface area contributed by atoms with Gasteiger partial charge < -0.3 is 10.6 Å². The number of alkyl halides is 1. The molecule has 0 unspecified atom stereocenters. The second-order valence-electron chi connectivity index (χ2n) is 5.34. The maximum Gasteiger partial charge on any atom is 0.240 e. The van der Waals surface area contributed by atoms with Gasteiger partial charge in [0.1, 0.15) is 18.0 Å². The summed E-state index contributed by atoms with van der Waals surface area (Å²) in [6.45, 7) is 1.93. The minimum absolute atomic E-state index is 0.0978. The van der Waals surface area contributed by atoms with Gasteiger partial charge in [0.2, 0.25) is 5.91 Å². The molecule has 114 valence electrons. The Hall–Kier alpha value is -2.57. The maximum absolute atomic E-state index is 13.7. The molecule has 2 aromatic heterocycles. The lowest BCUT2D eigenvalue weighted by Crippen LogP contribution is -2.40. The van der Waals surface area contributed by atoms with Crippen molar-refractivity contribution >= 4 is 11.7 Å². The number of amides is 1. The van der Waals surface area contributed by atoms with Crippen LogP contribution in [-0.4, -0.2) is 39.6 Å². The molecule has 1 saturated heterocycles. The summed E-state index contributed by atoms with van der Waals surface area (Å²) in [7, 11) is 0. The van der Waals surface area contributed by atoms with Crippen LogP contribution in [0, 0.1) is 6.92 Å². The number of nitrogens with zero attached hydrogens (tertiary/aromatic N) is 4. The first-order chi connectivity index (χ1) is 10.5. The summed E-state index contributed by atoms with van der Waals surface area (Å²) in [4.78, 5) is 26.0. The van der Waals surface area contributed by atoms with E-state index < -0.39 is 18.1 Å². The molecule has 0 radical (unpaired) electrons. The summed E-state index contributed by atoms with van der Waals surface area (Å²) >= 11 is 0. The Morgan fingerprint density at radius 1 is 1.45 bits per heavy atom. The van der Waals surface area contributed by atoms with E-state index in [-0.39, 0.29) is 13.0 Å². The highest BCUT2D eigenvalue weighted by molar-refractivity contribution is 5.84. The van der Waals surface area contributed by atoms with E-state index in [1.807, 2.05) is 13.0 Å². The number of pyridine rings is 1. The van der Waals surface area contributed by atoms with Gasteiger partial charge in [-0.05, 0) is 19.1 Å². The minimum atomic E-state index is -1.09. The molecule has 2 atom stereocenters. The zero-order valence-electron chi connectivity index (χ0n) is 12.1. The highest BCUT2D eigenvalue weighted by Gasteiger charge is 2.36. The van der Waals surface area contributed by atoms with Gasteiger partial charge in [-0.25, -0.2) is 14.4 Å². The standard InChI is InChI=1S/C15H16FN5O/c1-9-5-13(21-8-11(16)6-12(21)14(17)22)20-15(19-9)10-3-2-4-18-7-10/h2-5,7,11-12H,6,8H2,1H3,(H2,17,22)/t11-,12+/m1/s1. The van der Waals surface area contributed by atoms with E-state index in [1.165, 1.54) is 0 Å². The van der Waals surface area contributed by atoms with Crippen LogP contribution in [0.2, 0.25) is 0 Å². The van der Waals surface area contributed by atoms with E-state index in [9.17, 15) is 9.18 Å². The molecular formula is C15H16FN5O. The van der Waals surface area contributed by atoms with Gasteiger partial charge in [0.05, 0.1) is 6.54 Å². The summed E-state index contributed by atoms with van der Waals surface area (Å²) < 4.78 is 13.7. The molecule has 0 saturated carbocycles. The third-order valence-corrected chi connectivity index (χ3v) is 3.63. The normalized spacial score (nSPS) is 21.1. The van der Waals surface area contributed by atoms with Crippen molar-refractivity contribution in [2.24, 2.45) is 5.73 Å². The predicted molar refractivity (Wildman–Crippen MR) is 79.8 cm³/mol. The second kappa shape index (κ2) is 5.67. The SMILES string of the molecule is Cc1cc(N2C[C@H](F)C[C@H]2C(N)=O)nc(-c2cccnc2)n1. The number of carbonyl (C=O) groups is 1. The van der Waals surface area contributed by atoms with Crippen molar-refractivity contribution < 1.29 is 9.18 Å². The van der Waals surface area contributed by atoms with Gasteiger partial charge in [0, 0.05) is 36.1 Å². The van der Waals surface area contributed by atoms with Gasteiger partial charge in [-0.3, -0.25) is 9.78 Å². The molecule has 1 amide bonds. The number of nitrogens with two attached hydrogens (primary N) is 1. The maximum atomic E-state index is 13.7. The van der Waals surface area contributed by atoms with Crippen LogP contribution in [0.4, 0.5) is 10.2 Å². The zero-order chi connectivity index (χ0) is 15.7. The summed E-state index contributed by atoms with van der Waals surface area (Å²) in [6.07, 6.45) is 2.33. The molecule has 2 N–H and O–H groups in total. The Balaban J connectivity index is 2.01. The lowest BCUT2D eigenvalue weighted by molar-refractivity contribution is -0.119. The smallest absolute Gasteiger partial charge is 0.240 e. The minimum Gasteiger partial charge on any atom is -0.368 e. The molecule has 0 bridgehead atoms. The van der Waals surface area contributed by atoms with Crippen LogP contribution >= 0.6 is 0 Å². The van der Waals surface area contributed by atoms with Crippen molar-refractivity contribution in [3.05, 3.63) is 36.3 Å². The zero-order valence-corrected chi connectivity index (χ0v) is 12.1. The van der Waals surface area contributed by atoms with Crippen molar-refractivity contribution in [2.45, 2.75) is 25.6 Å². The van der Waals surface area contributed by atoms with E-state index in [0.29, 0.717) is 11.6 Å². The van der Waals surface area contributed by atoms with E-state index in [2.05, 4.69) is 15.0 Å². The molecule has 6 nitrogen and oxygen atoms in total. The largest absolute Gasteiger partial charge is 0.368 e.